The van der Waals surface area contributed by atoms with Crippen molar-refractivity contribution in [3.8, 4) is 0 Å². The van der Waals surface area contributed by atoms with E-state index in [0.29, 0.717) is 18.9 Å². The van der Waals surface area contributed by atoms with Gasteiger partial charge in [-0.2, -0.15) is 0 Å². The lowest BCUT2D eigenvalue weighted by Gasteiger charge is -2.37. The molecule has 1 aromatic carbocycles. The lowest BCUT2D eigenvalue weighted by Crippen LogP contribution is -2.42. The highest BCUT2D eigenvalue weighted by Gasteiger charge is 2.32. The van der Waals surface area contributed by atoms with Gasteiger partial charge in [-0.1, -0.05) is 42.7 Å². The van der Waals surface area contributed by atoms with E-state index in [1.807, 2.05) is 4.90 Å². The number of aromatic nitrogens is 2. The number of hydrogen-bond donors (Lipinski definition) is 0. The molecule has 2 fully saturated rings. The van der Waals surface area contributed by atoms with Gasteiger partial charge in [0.25, 0.3) is 0 Å². The molecule has 3 heterocycles. The Morgan fingerprint density at radius 2 is 1.88 bits per heavy atom. The SMILES string of the molecule is Cc1cccc(CCN2C(=O)CCc3c(C)nc([C@H]4CCCN(C5CCCC5)C4)nc32)c1. The number of rotatable bonds is 5. The third-order valence-corrected chi connectivity index (χ3v) is 7.72. The predicted molar refractivity (Wildman–Crippen MR) is 128 cm³/mol. The van der Waals surface area contributed by atoms with Crippen molar-refractivity contribution in [2.24, 2.45) is 0 Å². The van der Waals surface area contributed by atoms with Crippen molar-refractivity contribution < 1.29 is 4.79 Å². The zero-order valence-corrected chi connectivity index (χ0v) is 19.6. The highest BCUT2D eigenvalue weighted by atomic mass is 16.2. The third kappa shape index (κ3) is 4.45. The third-order valence-electron chi connectivity index (χ3n) is 7.72. The van der Waals surface area contributed by atoms with Crippen LogP contribution in [0.25, 0.3) is 0 Å². The number of piperidine rings is 1. The Balaban J connectivity index is 1.38. The summed E-state index contributed by atoms with van der Waals surface area (Å²) in [6, 6.07) is 9.33. The van der Waals surface area contributed by atoms with Crippen molar-refractivity contribution in [1.29, 1.82) is 0 Å². The Labute approximate surface area is 192 Å². The van der Waals surface area contributed by atoms with Crippen molar-refractivity contribution in [2.75, 3.05) is 24.5 Å². The van der Waals surface area contributed by atoms with E-state index >= 15 is 0 Å². The van der Waals surface area contributed by atoms with Crippen LogP contribution in [-0.2, 0) is 17.6 Å². The van der Waals surface area contributed by atoms with E-state index in [0.717, 1.165) is 49.2 Å². The topological polar surface area (TPSA) is 49.3 Å². The van der Waals surface area contributed by atoms with Crippen LogP contribution >= 0.6 is 0 Å². The van der Waals surface area contributed by atoms with Crippen molar-refractivity contribution in [3.05, 3.63) is 52.5 Å². The van der Waals surface area contributed by atoms with Gasteiger partial charge in [0.1, 0.15) is 11.6 Å². The fourth-order valence-corrected chi connectivity index (χ4v) is 5.94. The Morgan fingerprint density at radius 3 is 2.69 bits per heavy atom. The van der Waals surface area contributed by atoms with Crippen molar-refractivity contribution in [1.82, 2.24) is 14.9 Å². The number of likely N-dealkylation sites (tertiary alicyclic amines) is 1. The van der Waals surface area contributed by atoms with Crippen LogP contribution in [0.15, 0.2) is 24.3 Å². The Kier molecular flexibility index (Phi) is 6.27. The van der Waals surface area contributed by atoms with Gasteiger partial charge in [0, 0.05) is 42.7 Å². The monoisotopic (exact) mass is 432 g/mol. The standard InChI is InChI=1S/C27H36N4O/c1-19-7-5-8-21(17-19)14-16-31-25(32)13-12-24-20(2)28-26(29-27(24)31)22-9-6-15-30(18-22)23-10-3-4-11-23/h5,7-8,17,22-23H,3-4,6,9-16,18H2,1-2H3/t22-/m0/s1. The summed E-state index contributed by atoms with van der Waals surface area (Å²) in [5.74, 6) is 2.42. The number of amides is 1. The summed E-state index contributed by atoms with van der Waals surface area (Å²) in [5.41, 5.74) is 4.77. The number of aryl methyl sites for hydroxylation is 2. The van der Waals surface area contributed by atoms with Gasteiger partial charge in [-0.05, 0) is 64.5 Å². The Hall–Kier alpha value is -2.27. The van der Waals surface area contributed by atoms with Gasteiger partial charge in [-0.25, -0.2) is 9.97 Å². The number of carbonyl (C=O) groups excluding carboxylic acids is 1. The largest absolute Gasteiger partial charge is 0.300 e. The molecule has 5 heteroatoms. The molecule has 1 saturated carbocycles. The molecule has 1 saturated heterocycles. The molecule has 5 nitrogen and oxygen atoms in total. The fourth-order valence-electron chi connectivity index (χ4n) is 5.94. The van der Waals surface area contributed by atoms with Crippen LogP contribution in [0, 0.1) is 13.8 Å². The Bertz CT molecular complexity index is 982. The van der Waals surface area contributed by atoms with E-state index in [4.69, 9.17) is 9.97 Å². The lowest BCUT2D eigenvalue weighted by molar-refractivity contribution is -0.118. The van der Waals surface area contributed by atoms with Gasteiger partial charge >= 0.3 is 0 Å². The number of nitrogens with zero attached hydrogens (tertiary/aromatic N) is 4. The molecular weight excluding hydrogens is 396 g/mol. The summed E-state index contributed by atoms with van der Waals surface area (Å²) in [7, 11) is 0. The maximum atomic E-state index is 12.9. The van der Waals surface area contributed by atoms with Gasteiger partial charge in [0.15, 0.2) is 0 Å². The molecule has 2 aliphatic heterocycles. The Morgan fingerprint density at radius 1 is 1.03 bits per heavy atom. The maximum Gasteiger partial charge on any atom is 0.228 e. The first-order valence-corrected chi connectivity index (χ1v) is 12.6. The molecule has 1 aromatic heterocycles. The summed E-state index contributed by atoms with van der Waals surface area (Å²) in [6.07, 6.45) is 9.98. The minimum Gasteiger partial charge on any atom is -0.300 e. The van der Waals surface area contributed by atoms with Crippen molar-refractivity contribution in [2.45, 2.75) is 83.6 Å². The van der Waals surface area contributed by atoms with Crippen LogP contribution in [0.2, 0.25) is 0 Å². The first-order chi connectivity index (χ1) is 15.6. The van der Waals surface area contributed by atoms with E-state index in [2.05, 4.69) is 43.0 Å². The number of fused-ring (bicyclic) bond motifs is 1. The maximum absolute atomic E-state index is 12.9. The molecular formula is C27H36N4O. The average molecular weight is 433 g/mol. The zero-order valence-electron chi connectivity index (χ0n) is 19.6. The van der Waals surface area contributed by atoms with Crippen LogP contribution in [-0.4, -0.2) is 46.5 Å². The lowest BCUT2D eigenvalue weighted by atomic mass is 9.94. The second kappa shape index (κ2) is 9.30. The van der Waals surface area contributed by atoms with Gasteiger partial charge < -0.3 is 0 Å². The van der Waals surface area contributed by atoms with Crippen LogP contribution in [0.1, 0.15) is 79.1 Å². The summed E-state index contributed by atoms with van der Waals surface area (Å²) in [4.78, 5) is 27.6. The molecule has 1 atom stereocenters. The first kappa shape index (κ1) is 21.6. The molecule has 0 radical (unpaired) electrons. The highest BCUT2D eigenvalue weighted by molar-refractivity contribution is 5.95. The molecule has 2 aromatic rings. The van der Waals surface area contributed by atoms with E-state index in [9.17, 15) is 4.79 Å². The van der Waals surface area contributed by atoms with Gasteiger partial charge in [-0.15, -0.1) is 0 Å². The van der Waals surface area contributed by atoms with Gasteiger partial charge in [0.2, 0.25) is 5.91 Å². The number of anilines is 1. The molecule has 0 spiro atoms. The minimum absolute atomic E-state index is 0.199. The molecule has 0 bridgehead atoms. The average Bonchev–Trinajstić information content (AvgIpc) is 3.33. The molecule has 0 unspecified atom stereocenters. The quantitative estimate of drug-likeness (QED) is 0.685. The van der Waals surface area contributed by atoms with Crippen LogP contribution in [0.3, 0.4) is 0 Å². The molecule has 1 amide bonds. The molecule has 3 aliphatic rings. The summed E-state index contributed by atoms with van der Waals surface area (Å²) >= 11 is 0. The molecule has 5 rings (SSSR count). The van der Waals surface area contributed by atoms with Crippen LogP contribution in [0.4, 0.5) is 5.82 Å². The molecule has 170 valence electrons. The summed E-state index contributed by atoms with van der Waals surface area (Å²) < 4.78 is 0. The van der Waals surface area contributed by atoms with E-state index in [-0.39, 0.29) is 5.91 Å². The predicted octanol–water partition coefficient (Wildman–Crippen LogP) is 4.74. The second-order valence-corrected chi connectivity index (χ2v) is 10.0. The van der Waals surface area contributed by atoms with E-state index in [1.54, 1.807) is 0 Å². The number of benzene rings is 1. The smallest absolute Gasteiger partial charge is 0.228 e. The number of hydrogen-bond acceptors (Lipinski definition) is 4. The highest BCUT2D eigenvalue weighted by Crippen LogP contribution is 2.34. The summed E-state index contributed by atoms with van der Waals surface area (Å²) in [6.45, 7) is 7.19. The molecule has 32 heavy (non-hydrogen) atoms. The van der Waals surface area contributed by atoms with Crippen LogP contribution < -0.4 is 4.90 Å². The van der Waals surface area contributed by atoms with Crippen molar-refractivity contribution in [3.63, 3.8) is 0 Å². The first-order valence-electron chi connectivity index (χ1n) is 12.6. The van der Waals surface area contributed by atoms with Gasteiger partial charge in [-0.3, -0.25) is 14.6 Å². The minimum atomic E-state index is 0.199. The zero-order chi connectivity index (χ0) is 22.1. The van der Waals surface area contributed by atoms with E-state index < -0.39 is 0 Å². The fraction of sp³-hybridized carbons (Fsp3) is 0.593. The normalized spacial score (nSPS) is 22.4. The second-order valence-electron chi connectivity index (χ2n) is 10.0. The molecule has 1 aliphatic carbocycles. The van der Waals surface area contributed by atoms with Gasteiger partial charge in [0.05, 0.1) is 0 Å². The number of carbonyl (C=O) groups is 1. The van der Waals surface area contributed by atoms with Crippen LogP contribution in [0.5, 0.6) is 0 Å². The van der Waals surface area contributed by atoms with Crippen molar-refractivity contribution >= 4 is 11.7 Å². The molecule has 0 N–H and O–H groups in total. The summed E-state index contributed by atoms with van der Waals surface area (Å²) in [5, 5.41) is 0. The van der Waals surface area contributed by atoms with E-state index in [1.165, 1.54) is 55.3 Å².